The third-order valence-corrected chi connectivity index (χ3v) is 28.5. The minimum Gasteiger partial charge on any atom is -0.309 e. The predicted octanol–water partition coefficient (Wildman–Crippen LogP) is 33.8. The van der Waals surface area contributed by atoms with Gasteiger partial charge in [-0.2, -0.15) is 10.5 Å². The van der Waals surface area contributed by atoms with E-state index in [-0.39, 0.29) is 5.41 Å². The summed E-state index contributed by atoms with van der Waals surface area (Å²) >= 11 is 0. The van der Waals surface area contributed by atoms with Crippen molar-refractivity contribution in [3.05, 3.63) is 477 Å². The van der Waals surface area contributed by atoms with Crippen LogP contribution in [0, 0.1) is 22.7 Å². The maximum Gasteiger partial charge on any atom is 0.164 e. The molecule has 0 bridgehead atoms. The van der Waals surface area contributed by atoms with Crippen molar-refractivity contribution in [2.45, 2.75) is 19.3 Å². The molecule has 0 atom stereocenters. The van der Waals surface area contributed by atoms with Gasteiger partial charge in [0.1, 0.15) is 0 Å². The molecule has 650 valence electrons. The van der Waals surface area contributed by atoms with E-state index >= 15 is 0 Å². The SMILES string of the molecule is CC1(C)c2cc(C#N)ccc2-c2ccc(-c3cccc(-c4nc5c6ccccc6c6ccccc6c5c5ccccc45)c3)cc21.N#Cc1ccc2c(c1)c1cc(-c3cccc(-c4nc5c6ccccc6c6ccccc6c5c5ccccc45)c3)ccc1n2-c1ccccc1.c1ccc(-c2nc(-c3ccccc3)nc(-c3ccc(-c4nc5c6ccccc6c6ccccc6c5c5ccccc45)cc3)n2)cc1. The molecule has 28 rings (SSSR count). The molecule has 0 fully saturated rings. The largest absolute Gasteiger partial charge is 0.309 e. The summed E-state index contributed by atoms with van der Waals surface area (Å²) in [5.41, 5.74) is 26.1. The summed E-state index contributed by atoms with van der Waals surface area (Å²) in [6.07, 6.45) is 0. The van der Waals surface area contributed by atoms with Crippen molar-refractivity contribution in [1.82, 2.24) is 34.5 Å². The lowest BCUT2D eigenvalue weighted by Crippen LogP contribution is -2.15. The van der Waals surface area contributed by atoms with E-state index in [1.807, 2.05) is 84.9 Å². The van der Waals surface area contributed by atoms with Crippen molar-refractivity contribution in [3.8, 4) is 119 Å². The van der Waals surface area contributed by atoms with Gasteiger partial charge >= 0.3 is 0 Å². The summed E-state index contributed by atoms with van der Waals surface area (Å²) in [5, 5.41) is 46.7. The van der Waals surface area contributed by atoms with Crippen molar-refractivity contribution < 1.29 is 0 Å². The van der Waals surface area contributed by atoms with Crippen LogP contribution < -0.4 is 0 Å². The van der Waals surface area contributed by atoms with Crippen molar-refractivity contribution in [2.75, 3.05) is 0 Å². The highest BCUT2D eigenvalue weighted by molar-refractivity contribution is 6.34. The Morgan fingerprint density at radius 3 is 0.893 bits per heavy atom. The molecule has 1 aliphatic carbocycles. The monoisotopic (exact) mass is 1780 g/mol. The van der Waals surface area contributed by atoms with Crippen LogP contribution in [0.15, 0.2) is 455 Å². The van der Waals surface area contributed by atoms with Crippen molar-refractivity contribution in [1.29, 1.82) is 10.5 Å². The third-order valence-electron chi connectivity index (χ3n) is 28.5. The second kappa shape index (κ2) is 33.4. The van der Waals surface area contributed by atoms with E-state index in [2.05, 4.69) is 401 Å². The molecule has 0 N–H and O–H groups in total. The molecule has 0 aliphatic heterocycles. The molecular formula is C131H81N9. The Bertz CT molecular complexity index is 9890. The molecule has 0 saturated carbocycles. The predicted molar refractivity (Wildman–Crippen MR) is 581 cm³/mol. The summed E-state index contributed by atoms with van der Waals surface area (Å²) < 4.78 is 2.28. The summed E-state index contributed by atoms with van der Waals surface area (Å²) in [4.78, 5) is 31.1. The van der Waals surface area contributed by atoms with Gasteiger partial charge in [0.15, 0.2) is 17.5 Å². The highest BCUT2D eigenvalue weighted by Gasteiger charge is 2.36. The van der Waals surface area contributed by atoms with Crippen LogP contribution in [0.3, 0.4) is 0 Å². The van der Waals surface area contributed by atoms with Crippen LogP contribution in [0.25, 0.3) is 258 Å². The van der Waals surface area contributed by atoms with E-state index in [0.717, 1.165) is 138 Å². The van der Waals surface area contributed by atoms with Crippen molar-refractivity contribution >= 4 is 151 Å². The number of pyridine rings is 3. The highest BCUT2D eigenvalue weighted by Crippen LogP contribution is 2.52. The zero-order valence-electron chi connectivity index (χ0n) is 76.3. The molecule has 27 aromatic rings. The fourth-order valence-electron chi connectivity index (χ4n) is 22.0. The van der Waals surface area contributed by atoms with Crippen LogP contribution in [0.1, 0.15) is 36.1 Å². The Kier molecular flexibility index (Phi) is 19.5. The minimum absolute atomic E-state index is 0.189. The van der Waals surface area contributed by atoms with E-state index in [1.54, 1.807) is 0 Å². The number of hydrogen-bond donors (Lipinski definition) is 0. The van der Waals surface area contributed by atoms with Gasteiger partial charge in [-0.3, -0.25) is 0 Å². The van der Waals surface area contributed by atoms with E-state index < -0.39 is 0 Å². The van der Waals surface area contributed by atoms with Crippen molar-refractivity contribution in [2.24, 2.45) is 0 Å². The second-order valence-electron chi connectivity index (χ2n) is 36.7. The van der Waals surface area contributed by atoms with Gasteiger partial charge < -0.3 is 4.57 Å². The number of nitriles is 2. The molecule has 0 radical (unpaired) electrons. The second-order valence-corrected chi connectivity index (χ2v) is 36.7. The van der Waals surface area contributed by atoms with Gasteiger partial charge in [-0.25, -0.2) is 29.9 Å². The zero-order valence-corrected chi connectivity index (χ0v) is 76.3. The van der Waals surface area contributed by atoms with Gasteiger partial charge in [0.25, 0.3) is 0 Å². The molecule has 9 heteroatoms. The standard InChI is InChI=1S/C46H27N3.C43H28N2.C42H26N4/c47-28-29-21-23-42-40(25-29)41-27-31(22-24-43(41)49(42)33-13-2-1-3-14-33)30-11-10-12-32(26-30)45-39-20-9-7-18-37(39)44-36-17-6-4-15-34(36)35-16-5-8-19-38(35)46(44)48-45;1-43(2)38-22-26(25-44)18-20-32(38)33-21-19-28(24-39(33)43)27-10-9-11-29(23-27)41-37-17-8-6-15-35(37)40-34-14-5-3-12-30(34)31-13-4-7-16-36(31)42(40)45-41;1-3-13-28(14-4-1)40-44-41(29-15-5-2-6-16-29)46-42(45-40)30-25-23-27(24-26-30)38-36-22-12-10-20-34(36)37-33-19-9-7-17-31(33)32-18-8-11-21-35(32)39(37)43-38/h1-27H;3-24H,1-2H3;1-26H. The Morgan fingerprint density at radius 1 is 0.200 bits per heavy atom. The van der Waals surface area contributed by atoms with E-state index in [1.165, 1.54) is 114 Å². The fourth-order valence-corrected chi connectivity index (χ4v) is 22.0. The van der Waals surface area contributed by atoms with E-state index in [4.69, 9.17) is 29.9 Å². The quantitative estimate of drug-likeness (QED) is 0.131. The zero-order chi connectivity index (χ0) is 93.2. The first-order valence-electron chi connectivity index (χ1n) is 47.4. The van der Waals surface area contributed by atoms with Crippen LogP contribution in [0.5, 0.6) is 0 Å². The lowest BCUT2D eigenvalue weighted by atomic mass is 9.81. The summed E-state index contributed by atoms with van der Waals surface area (Å²) in [5.74, 6) is 1.93. The van der Waals surface area contributed by atoms with Crippen molar-refractivity contribution in [3.63, 3.8) is 0 Å². The van der Waals surface area contributed by atoms with E-state index in [0.29, 0.717) is 28.6 Å². The highest BCUT2D eigenvalue weighted by atomic mass is 15.0. The molecule has 0 spiro atoms. The molecular weight excluding hydrogens is 1700 g/mol. The number of rotatable bonds is 9. The Balaban J connectivity index is 0.000000108. The maximum atomic E-state index is 9.75. The third kappa shape index (κ3) is 13.6. The molecule has 22 aromatic carbocycles. The van der Waals surface area contributed by atoms with Gasteiger partial charge in [0, 0.05) is 104 Å². The Morgan fingerprint density at radius 2 is 0.471 bits per heavy atom. The average Bonchev–Trinajstić information content (AvgIpc) is 0.954. The van der Waals surface area contributed by atoms with Gasteiger partial charge in [-0.15, -0.1) is 0 Å². The number of fused-ring (bicyclic) bond motifs is 30. The summed E-state index contributed by atoms with van der Waals surface area (Å²) in [6, 6.07) is 165. The number of para-hydroxylation sites is 1. The van der Waals surface area contributed by atoms with Crippen LogP contribution in [0.4, 0.5) is 0 Å². The molecule has 140 heavy (non-hydrogen) atoms. The first-order chi connectivity index (χ1) is 69.1. The molecule has 0 unspecified atom stereocenters. The number of hydrogen-bond acceptors (Lipinski definition) is 8. The first kappa shape index (κ1) is 81.9. The summed E-state index contributed by atoms with van der Waals surface area (Å²) in [6.45, 7) is 4.52. The summed E-state index contributed by atoms with van der Waals surface area (Å²) in [7, 11) is 0. The average molecular weight is 1780 g/mol. The molecule has 5 aromatic heterocycles. The van der Waals surface area contributed by atoms with Gasteiger partial charge in [0.05, 0.1) is 67.9 Å². The van der Waals surface area contributed by atoms with Crippen LogP contribution in [0.2, 0.25) is 0 Å². The molecule has 5 heterocycles. The number of aromatic nitrogens is 7. The molecule has 1 aliphatic rings. The molecule has 9 nitrogen and oxygen atoms in total. The lowest BCUT2D eigenvalue weighted by molar-refractivity contribution is 0.660. The van der Waals surface area contributed by atoms with Gasteiger partial charge in [0.2, 0.25) is 0 Å². The van der Waals surface area contributed by atoms with Crippen LogP contribution in [-0.2, 0) is 5.41 Å². The topological polar surface area (TPSA) is 130 Å². The lowest BCUT2D eigenvalue weighted by Gasteiger charge is -2.22. The maximum absolute atomic E-state index is 9.75. The van der Waals surface area contributed by atoms with Crippen LogP contribution >= 0.6 is 0 Å². The molecule has 0 amide bonds. The van der Waals surface area contributed by atoms with Gasteiger partial charge in [-0.1, -0.05) is 396 Å². The van der Waals surface area contributed by atoms with E-state index in [9.17, 15) is 10.5 Å². The number of nitrogens with zero attached hydrogens (tertiary/aromatic N) is 9. The van der Waals surface area contributed by atoms with Gasteiger partial charge in [-0.05, 0) is 182 Å². The minimum atomic E-state index is -0.189. The first-order valence-corrected chi connectivity index (χ1v) is 47.4. The van der Waals surface area contributed by atoms with Crippen LogP contribution in [-0.4, -0.2) is 34.5 Å². The normalized spacial score (nSPS) is 12.1. The fraction of sp³-hybridized carbons (Fsp3) is 0.0229. The Hall–Kier alpha value is -18.8. The number of benzene rings is 22. The molecule has 0 saturated heterocycles. The Labute approximate surface area is 806 Å². The smallest absolute Gasteiger partial charge is 0.164 e.